The molecule has 0 spiro atoms. The van der Waals surface area contributed by atoms with Gasteiger partial charge in [-0.15, -0.1) is 0 Å². The van der Waals surface area contributed by atoms with Crippen LogP contribution in [0.15, 0.2) is 36.5 Å². The zero-order valence-electron chi connectivity index (χ0n) is 12.1. The second-order valence-electron chi connectivity index (χ2n) is 5.07. The van der Waals surface area contributed by atoms with Crippen molar-refractivity contribution in [3.05, 3.63) is 47.8 Å². The minimum atomic E-state index is -0.0387. The lowest BCUT2D eigenvalue weighted by Gasteiger charge is -2.27. The molecular formula is C15H20N4O. The fourth-order valence-corrected chi connectivity index (χ4v) is 2.08. The van der Waals surface area contributed by atoms with Crippen LogP contribution >= 0.6 is 0 Å². The van der Waals surface area contributed by atoms with Gasteiger partial charge in [0.05, 0.1) is 0 Å². The van der Waals surface area contributed by atoms with Crippen molar-refractivity contribution in [1.82, 2.24) is 14.7 Å². The van der Waals surface area contributed by atoms with E-state index in [1.807, 2.05) is 38.1 Å². The molecule has 0 radical (unpaired) electrons. The van der Waals surface area contributed by atoms with E-state index in [9.17, 15) is 4.79 Å². The Hall–Kier alpha value is -2.30. The van der Waals surface area contributed by atoms with E-state index in [1.54, 1.807) is 28.9 Å². The van der Waals surface area contributed by atoms with Crippen molar-refractivity contribution >= 4 is 11.6 Å². The molecule has 1 aromatic heterocycles. The first-order valence-electron chi connectivity index (χ1n) is 6.63. The van der Waals surface area contributed by atoms with Crippen LogP contribution in [0.25, 0.3) is 0 Å². The fraction of sp³-hybridized carbons (Fsp3) is 0.333. The van der Waals surface area contributed by atoms with Gasteiger partial charge in [-0.25, -0.2) is 0 Å². The number of carbonyl (C=O) groups is 1. The second-order valence-corrected chi connectivity index (χ2v) is 5.07. The maximum Gasteiger partial charge on any atom is 0.272 e. The van der Waals surface area contributed by atoms with E-state index in [4.69, 9.17) is 5.73 Å². The zero-order valence-corrected chi connectivity index (χ0v) is 12.1. The lowest BCUT2D eigenvalue weighted by atomic mass is 10.1. The smallest absolute Gasteiger partial charge is 0.272 e. The van der Waals surface area contributed by atoms with Crippen LogP contribution in [0.5, 0.6) is 0 Å². The summed E-state index contributed by atoms with van der Waals surface area (Å²) in [4.78, 5) is 14.4. The Kier molecular flexibility index (Phi) is 4.08. The van der Waals surface area contributed by atoms with Gasteiger partial charge in [0.1, 0.15) is 5.69 Å². The monoisotopic (exact) mass is 272 g/mol. The highest BCUT2D eigenvalue weighted by molar-refractivity contribution is 5.92. The minimum Gasteiger partial charge on any atom is -0.398 e. The molecule has 0 saturated heterocycles. The van der Waals surface area contributed by atoms with Gasteiger partial charge in [0.15, 0.2) is 0 Å². The first-order chi connectivity index (χ1) is 9.50. The molecule has 2 N–H and O–H groups in total. The summed E-state index contributed by atoms with van der Waals surface area (Å²) in [7, 11) is 1.77. The van der Waals surface area contributed by atoms with E-state index in [0.29, 0.717) is 17.9 Å². The highest BCUT2D eigenvalue weighted by atomic mass is 16.2. The molecule has 0 bridgehead atoms. The third kappa shape index (κ3) is 2.82. The van der Waals surface area contributed by atoms with Crippen LogP contribution in [-0.4, -0.2) is 26.6 Å². The van der Waals surface area contributed by atoms with Gasteiger partial charge in [0.2, 0.25) is 0 Å². The molecule has 0 unspecified atom stereocenters. The summed E-state index contributed by atoms with van der Waals surface area (Å²) in [5.41, 5.74) is 8.20. The normalized spacial score (nSPS) is 10.8. The van der Waals surface area contributed by atoms with Gasteiger partial charge >= 0.3 is 0 Å². The van der Waals surface area contributed by atoms with E-state index in [0.717, 1.165) is 5.56 Å². The number of nitrogens with zero attached hydrogens (tertiary/aromatic N) is 3. The van der Waals surface area contributed by atoms with E-state index < -0.39 is 0 Å². The summed E-state index contributed by atoms with van der Waals surface area (Å²) in [6, 6.07) is 9.42. The van der Waals surface area contributed by atoms with E-state index >= 15 is 0 Å². The van der Waals surface area contributed by atoms with Gasteiger partial charge in [0, 0.05) is 31.5 Å². The molecule has 2 aromatic rings. The van der Waals surface area contributed by atoms with Crippen molar-refractivity contribution in [2.24, 2.45) is 7.05 Å². The van der Waals surface area contributed by atoms with E-state index in [-0.39, 0.29) is 11.9 Å². The number of hydrogen-bond donors (Lipinski definition) is 1. The third-order valence-corrected chi connectivity index (χ3v) is 3.32. The Labute approximate surface area is 119 Å². The van der Waals surface area contributed by atoms with Crippen LogP contribution in [0.4, 0.5) is 5.69 Å². The number of amides is 1. The molecule has 0 saturated carbocycles. The first kappa shape index (κ1) is 14.1. The van der Waals surface area contributed by atoms with Crippen LogP contribution in [-0.2, 0) is 13.6 Å². The molecule has 106 valence electrons. The second kappa shape index (κ2) is 5.77. The highest BCUT2D eigenvalue weighted by Crippen LogP contribution is 2.17. The number of carbonyl (C=O) groups excluding carboxylic acids is 1. The van der Waals surface area contributed by atoms with E-state index in [1.165, 1.54) is 0 Å². The molecule has 1 aromatic carbocycles. The van der Waals surface area contributed by atoms with Crippen LogP contribution in [0.2, 0.25) is 0 Å². The van der Waals surface area contributed by atoms with Crippen molar-refractivity contribution in [2.75, 3.05) is 5.73 Å². The van der Waals surface area contributed by atoms with Gasteiger partial charge in [0.25, 0.3) is 5.91 Å². The molecular weight excluding hydrogens is 252 g/mol. The Morgan fingerprint density at radius 3 is 2.60 bits per heavy atom. The third-order valence-electron chi connectivity index (χ3n) is 3.32. The molecule has 5 heteroatoms. The van der Waals surface area contributed by atoms with Gasteiger partial charge in [-0.3, -0.25) is 9.48 Å². The lowest BCUT2D eigenvalue weighted by Crippen LogP contribution is -2.37. The maximum absolute atomic E-state index is 12.6. The summed E-state index contributed by atoms with van der Waals surface area (Å²) < 4.78 is 1.59. The average Bonchev–Trinajstić information content (AvgIpc) is 2.83. The molecule has 0 aliphatic heterocycles. The van der Waals surface area contributed by atoms with Crippen molar-refractivity contribution in [2.45, 2.75) is 26.4 Å². The molecule has 0 fully saturated rings. The van der Waals surface area contributed by atoms with Crippen molar-refractivity contribution < 1.29 is 4.79 Å². The van der Waals surface area contributed by atoms with Crippen LogP contribution in [0.3, 0.4) is 0 Å². The molecule has 0 aliphatic rings. The Bertz CT molecular complexity index is 603. The van der Waals surface area contributed by atoms with Gasteiger partial charge in [-0.1, -0.05) is 18.2 Å². The predicted molar refractivity (Wildman–Crippen MR) is 79.1 cm³/mol. The lowest BCUT2D eigenvalue weighted by molar-refractivity contribution is 0.0679. The van der Waals surface area contributed by atoms with Crippen molar-refractivity contribution in [3.63, 3.8) is 0 Å². The van der Waals surface area contributed by atoms with Gasteiger partial charge < -0.3 is 10.6 Å². The largest absolute Gasteiger partial charge is 0.398 e. The number of anilines is 1. The van der Waals surface area contributed by atoms with Crippen LogP contribution < -0.4 is 5.73 Å². The molecule has 0 atom stereocenters. The maximum atomic E-state index is 12.6. The summed E-state index contributed by atoms with van der Waals surface area (Å²) in [6.45, 7) is 4.48. The standard InChI is InChI=1S/C15H20N4O/c1-11(2)19(10-12-6-4-5-7-13(12)16)15(20)14-8-9-17-18(14)3/h4-9,11H,10,16H2,1-3H3. The molecule has 5 nitrogen and oxygen atoms in total. The van der Waals surface area contributed by atoms with E-state index in [2.05, 4.69) is 5.10 Å². The van der Waals surface area contributed by atoms with Crippen molar-refractivity contribution in [1.29, 1.82) is 0 Å². The molecule has 1 amide bonds. The summed E-state index contributed by atoms with van der Waals surface area (Å²) in [5, 5.41) is 4.05. The zero-order chi connectivity index (χ0) is 14.7. The number of aryl methyl sites for hydroxylation is 1. The first-order valence-corrected chi connectivity index (χ1v) is 6.63. The number of nitrogen functional groups attached to an aromatic ring is 1. The van der Waals surface area contributed by atoms with Crippen LogP contribution in [0, 0.1) is 0 Å². The Balaban J connectivity index is 2.27. The Morgan fingerprint density at radius 1 is 1.35 bits per heavy atom. The molecule has 0 aliphatic carbocycles. The quantitative estimate of drug-likeness (QED) is 0.866. The number of para-hydroxylation sites is 1. The van der Waals surface area contributed by atoms with Crippen LogP contribution in [0.1, 0.15) is 29.9 Å². The highest BCUT2D eigenvalue weighted by Gasteiger charge is 2.22. The number of benzene rings is 1. The average molecular weight is 272 g/mol. The number of rotatable bonds is 4. The minimum absolute atomic E-state index is 0.0387. The number of hydrogen-bond acceptors (Lipinski definition) is 3. The SMILES string of the molecule is CC(C)N(Cc1ccccc1N)C(=O)c1ccnn1C. The summed E-state index contributed by atoms with van der Waals surface area (Å²) in [6.07, 6.45) is 1.63. The summed E-state index contributed by atoms with van der Waals surface area (Å²) in [5.74, 6) is -0.0387. The topological polar surface area (TPSA) is 64.2 Å². The van der Waals surface area contributed by atoms with Gasteiger partial charge in [-0.2, -0.15) is 5.10 Å². The molecule has 20 heavy (non-hydrogen) atoms. The summed E-state index contributed by atoms with van der Waals surface area (Å²) >= 11 is 0. The number of nitrogens with two attached hydrogens (primary N) is 1. The van der Waals surface area contributed by atoms with Gasteiger partial charge in [-0.05, 0) is 31.5 Å². The van der Waals surface area contributed by atoms with Crippen molar-refractivity contribution in [3.8, 4) is 0 Å². The number of aromatic nitrogens is 2. The predicted octanol–water partition coefficient (Wildman–Crippen LogP) is 2.05. The fourth-order valence-electron chi connectivity index (χ4n) is 2.08. The molecule has 2 rings (SSSR count). The Morgan fingerprint density at radius 2 is 2.05 bits per heavy atom. The molecule has 1 heterocycles.